The number of nitrogens with zero attached hydrogens (tertiary/aromatic N) is 2. The molecule has 4 aliphatic rings. The molecule has 2 bridgehead atoms. The Hall–Kier alpha value is -3.90. The van der Waals surface area contributed by atoms with Crippen molar-refractivity contribution >= 4 is 17.5 Å². The number of benzene rings is 2. The van der Waals surface area contributed by atoms with E-state index in [-0.39, 0.29) is 36.4 Å². The molecule has 0 radical (unpaired) electrons. The SMILES string of the molecule is COc1c(CN2O[C@@H](CO)[C@@H]([C@H](C)O)[C@H]2C(=O)NC2C[C@@H]3C[C@@H]([C@@H]2C)C3(C)C)cccc1-c1cc(C(=O)NCCc2ccc[nH]2)cc(N(C)C)c1. The number of H-pyrrole nitrogens is 1. The molecule has 3 aliphatic carbocycles. The largest absolute Gasteiger partial charge is 0.496 e. The number of nitrogens with one attached hydrogen (secondary N) is 3. The maximum Gasteiger partial charge on any atom is 0.251 e. The Morgan fingerprint density at radius 1 is 1.16 bits per heavy atom. The van der Waals surface area contributed by atoms with E-state index in [0.29, 0.717) is 42.0 Å². The number of aromatic amines is 1. The van der Waals surface area contributed by atoms with E-state index in [1.165, 1.54) is 6.42 Å². The summed E-state index contributed by atoms with van der Waals surface area (Å²) in [5, 5.41) is 29.2. The van der Waals surface area contributed by atoms with Crippen LogP contribution in [0.2, 0.25) is 0 Å². The number of carbonyl (C=O) groups is 2. The van der Waals surface area contributed by atoms with Crippen LogP contribution in [0.1, 0.15) is 62.2 Å². The van der Waals surface area contributed by atoms with Crippen LogP contribution in [-0.4, -0.2) is 90.7 Å². The second-order valence-corrected chi connectivity index (χ2v) is 15.6. The third-order valence-corrected chi connectivity index (χ3v) is 12.0. The fraction of sp³-hybridized carbons (Fsp3) is 0.550. The van der Waals surface area contributed by atoms with Crippen molar-refractivity contribution in [3.05, 3.63) is 71.5 Å². The summed E-state index contributed by atoms with van der Waals surface area (Å²) in [6.45, 7) is 8.88. The lowest BCUT2D eigenvalue weighted by molar-refractivity contribution is -0.183. The van der Waals surface area contributed by atoms with Crippen LogP contribution in [0, 0.1) is 29.1 Å². The number of aromatic nitrogens is 1. The van der Waals surface area contributed by atoms with Gasteiger partial charge in [-0.3, -0.25) is 14.4 Å². The van der Waals surface area contributed by atoms with Crippen molar-refractivity contribution in [2.24, 2.45) is 29.1 Å². The van der Waals surface area contributed by atoms with Gasteiger partial charge in [0.1, 0.15) is 17.9 Å². The molecule has 3 aromatic rings. The quantitative estimate of drug-likeness (QED) is 0.177. The number of amides is 2. The molecule has 51 heavy (non-hydrogen) atoms. The molecule has 4 fully saturated rings. The van der Waals surface area contributed by atoms with Crippen LogP contribution in [0.25, 0.3) is 11.1 Å². The van der Waals surface area contributed by atoms with Gasteiger partial charge in [-0.1, -0.05) is 39.0 Å². The number of hydrogen-bond donors (Lipinski definition) is 5. The Labute approximate surface area is 301 Å². The van der Waals surface area contributed by atoms with Crippen LogP contribution < -0.4 is 20.3 Å². The molecular formula is C40H55N5O6. The van der Waals surface area contributed by atoms with Crippen LogP contribution >= 0.6 is 0 Å². The first-order valence-electron chi connectivity index (χ1n) is 18.3. The van der Waals surface area contributed by atoms with Crippen molar-refractivity contribution in [2.75, 3.05) is 39.3 Å². The zero-order chi connectivity index (χ0) is 36.6. The van der Waals surface area contributed by atoms with Crippen molar-refractivity contribution in [3.8, 4) is 16.9 Å². The van der Waals surface area contributed by atoms with Gasteiger partial charge in [-0.05, 0) is 78.8 Å². The molecule has 11 nitrogen and oxygen atoms in total. The average molecular weight is 702 g/mol. The molecule has 2 heterocycles. The molecule has 5 N–H and O–H groups in total. The number of aliphatic hydroxyl groups is 2. The van der Waals surface area contributed by atoms with E-state index < -0.39 is 24.2 Å². The summed E-state index contributed by atoms with van der Waals surface area (Å²) in [4.78, 5) is 39.0. The molecule has 11 heteroatoms. The molecule has 0 spiro atoms. The molecule has 1 aromatic heterocycles. The van der Waals surface area contributed by atoms with Gasteiger partial charge in [0.05, 0.1) is 26.4 Å². The summed E-state index contributed by atoms with van der Waals surface area (Å²) in [6.07, 6.45) is 3.05. The highest BCUT2D eigenvalue weighted by Crippen LogP contribution is 2.61. The van der Waals surface area contributed by atoms with Gasteiger partial charge in [0.15, 0.2) is 0 Å². The van der Waals surface area contributed by atoms with Gasteiger partial charge >= 0.3 is 0 Å². The average Bonchev–Trinajstić information content (AvgIpc) is 3.76. The Kier molecular flexibility index (Phi) is 10.8. The summed E-state index contributed by atoms with van der Waals surface area (Å²) in [5.74, 6) is 1.05. The maximum atomic E-state index is 14.2. The third-order valence-electron chi connectivity index (χ3n) is 12.0. The number of carbonyl (C=O) groups excluding carboxylic acids is 2. The van der Waals surface area contributed by atoms with Gasteiger partial charge in [-0.15, -0.1) is 0 Å². The van der Waals surface area contributed by atoms with Gasteiger partial charge in [0, 0.05) is 73.3 Å². The standard InChI is InChI=1S/C40H55N5O6/c1-23-32-19-28(40(32,3)4)20-33(23)43-39(49)36-35(24(2)47)34(22-46)51-45(36)21-25-10-8-12-31(37(25)50-7)26-16-27(18-30(17-26)44(5)6)38(48)42-15-13-29-11-9-14-41-29/h8-12,14,16-18,23-24,28,32-36,41,46-47H,13,15,19-22H2,1-7H3,(H,42,48)(H,43,49)/t23-,24-,28-,32-,33?,34-,35+,36-/m0/s1. The molecule has 2 aromatic carbocycles. The van der Waals surface area contributed by atoms with E-state index in [1.54, 1.807) is 19.1 Å². The maximum absolute atomic E-state index is 14.2. The van der Waals surface area contributed by atoms with Crippen LogP contribution in [-0.2, 0) is 22.6 Å². The van der Waals surface area contributed by atoms with Crippen molar-refractivity contribution < 1.29 is 29.4 Å². The summed E-state index contributed by atoms with van der Waals surface area (Å²) >= 11 is 0. The van der Waals surface area contributed by atoms with Crippen LogP contribution in [0.4, 0.5) is 5.69 Å². The second-order valence-electron chi connectivity index (χ2n) is 15.6. The smallest absolute Gasteiger partial charge is 0.251 e. The third kappa shape index (κ3) is 7.26. The Morgan fingerprint density at radius 3 is 2.57 bits per heavy atom. The van der Waals surface area contributed by atoms with E-state index >= 15 is 0 Å². The first kappa shape index (κ1) is 36.9. The number of anilines is 1. The summed E-state index contributed by atoms with van der Waals surface area (Å²) < 4.78 is 6.04. The monoisotopic (exact) mass is 701 g/mol. The van der Waals surface area contributed by atoms with E-state index in [4.69, 9.17) is 9.57 Å². The molecule has 8 atom stereocenters. The minimum Gasteiger partial charge on any atom is -0.496 e. The van der Waals surface area contributed by atoms with Gasteiger partial charge in [0.25, 0.3) is 5.91 Å². The predicted molar refractivity (Wildman–Crippen MR) is 197 cm³/mol. The minimum absolute atomic E-state index is 0.0423. The number of rotatable bonds is 13. The Balaban J connectivity index is 1.26. The Bertz CT molecular complexity index is 1690. The topological polar surface area (TPSA) is 139 Å². The number of para-hydroxylation sites is 1. The van der Waals surface area contributed by atoms with Gasteiger partial charge < -0.3 is 35.5 Å². The molecule has 276 valence electrons. The summed E-state index contributed by atoms with van der Waals surface area (Å²) in [5.41, 5.74) is 5.06. The summed E-state index contributed by atoms with van der Waals surface area (Å²) in [7, 11) is 5.47. The summed E-state index contributed by atoms with van der Waals surface area (Å²) in [6, 6.07) is 14.7. The highest BCUT2D eigenvalue weighted by Gasteiger charge is 2.57. The predicted octanol–water partition coefficient (Wildman–Crippen LogP) is 4.39. The van der Waals surface area contributed by atoms with E-state index in [9.17, 15) is 19.8 Å². The zero-order valence-electron chi connectivity index (χ0n) is 31.0. The second kappa shape index (κ2) is 15.0. The van der Waals surface area contributed by atoms with Gasteiger partial charge in [-0.25, -0.2) is 0 Å². The fourth-order valence-corrected chi connectivity index (χ4v) is 8.92. The highest BCUT2D eigenvalue weighted by atomic mass is 16.7. The van der Waals surface area contributed by atoms with E-state index in [1.807, 2.05) is 73.7 Å². The first-order chi connectivity index (χ1) is 24.3. The molecule has 3 saturated carbocycles. The molecule has 2 amide bonds. The van der Waals surface area contributed by atoms with E-state index in [2.05, 4.69) is 36.4 Å². The lowest BCUT2D eigenvalue weighted by Gasteiger charge is -2.62. The lowest BCUT2D eigenvalue weighted by Crippen LogP contribution is -2.62. The molecule has 7 rings (SSSR count). The van der Waals surface area contributed by atoms with Crippen molar-refractivity contribution in [1.82, 2.24) is 20.7 Å². The van der Waals surface area contributed by atoms with Gasteiger partial charge in [-0.2, -0.15) is 5.06 Å². The van der Waals surface area contributed by atoms with Crippen molar-refractivity contribution in [2.45, 2.75) is 77.8 Å². The lowest BCUT2D eigenvalue weighted by atomic mass is 9.45. The number of hydrogen-bond acceptors (Lipinski definition) is 8. The first-order valence-corrected chi connectivity index (χ1v) is 18.3. The zero-order valence-corrected chi connectivity index (χ0v) is 31.0. The van der Waals surface area contributed by atoms with Crippen LogP contribution in [0.3, 0.4) is 0 Å². The normalized spacial score (nSPS) is 27.4. The molecular weight excluding hydrogens is 646 g/mol. The molecule has 1 aliphatic heterocycles. The van der Waals surface area contributed by atoms with Gasteiger partial charge in [0.2, 0.25) is 5.91 Å². The minimum atomic E-state index is -0.895. The highest BCUT2D eigenvalue weighted by molar-refractivity contribution is 5.97. The number of methoxy groups -OCH3 is 1. The van der Waals surface area contributed by atoms with Crippen LogP contribution in [0.5, 0.6) is 5.75 Å². The van der Waals surface area contributed by atoms with E-state index in [0.717, 1.165) is 34.5 Å². The number of aliphatic hydroxyl groups excluding tert-OH is 2. The number of hydroxylamine groups is 2. The fourth-order valence-electron chi connectivity index (χ4n) is 8.92. The Morgan fingerprint density at radius 2 is 1.94 bits per heavy atom. The van der Waals surface area contributed by atoms with Crippen molar-refractivity contribution in [3.63, 3.8) is 0 Å². The number of fused-ring (bicyclic) bond motifs is 2. The molecule has 1 unspecified atom stereocenters. The van der Waals surface area contributed by atoms with Crippen molar-refractivity contribution in [1.29, 1.82) is 0 Å². The number of ether oxygens (including phenoxy) is 1. The van der Waals surface area contributed by atoms with Crippen LogP contribution in [0.15, 0.2) is 54.7 Å². The molecule has 1 saturated heterocycles.